The first kappa shape index (κ1) is 33.6. The molecule has 144 valence electrons. The van der Waals surface area contributed by atoms with E-state index in [1.807, 2.05) is 0 Å². The summed E-state index contributed by atoms with van der Waals surface area (Å²) in [5.74, 6) is 0. The normalized spacial score (nSPS) is 37.2. The predicted octanol–water partition coefficient (Wildman–Crippen LogP) is -14.4. The summed E-state index contributed by atoms with van der Waals surface area (Å²) in [6, 6.07) is 0. The smallest absolute Gasteiger partial charge is 0.756 e. The van der Waals surface area contributed by atoms with Gasteiger partial charge in [-0.1, -0.05) is 0 Å². The molecule has 21 heteroatoms. The van der Waals surface area contributed by atoms with E-state index < -0.39 is 60.1 Å². The second kappa shape index (κ2) is 12.1. The SMILES string of the molecule is O=P([O-])(O)OC1C(O)C(O)C(OP(=O)([O-])O)C(OP(=O)([O-])O)C1O.[Li+].[Li+].[Li+]. The minimum absolute atomic E-state index is 0. The number of aliphatic hydroxyl groups excluding tert-OH is 3. The molecule has 0 amide bonds. The van der Waals surface area contributed by atoms with Crippen LogP contribution in [-0.2, 0) is 27.3 Å². The molecule has 9 atom stereocenters. The first-order valence-corrected chi connectivity index (χ1v) is 10.2. The first-order chi connectivity index (χ1) is 10.5. The summed E-state index contributed by atoms with van der Waals surface area (Å²) < 4.78 is 43.9. The Kier molecular flexibility index (Phi) is 15.1. The van der Waals surface area contributed by atoms with Crippen molar-refractivity contribution in [2.75, 3.05) is 0 Å². The number of aliphatic hydroxyl groups is 3. The molecule has 0 aromatic heterocycles. The molecule has 0 aliphatic heterocycles. The van der Waals surface area contributed by atoms with E-state index >= 15 is 0 Å². The Bertz CT molecular complexity index is 587. The fourth-order valence-electron chi connectivity index (χ4n) is 2.00. The maximum absolute atomic E-state index is 10.8. The molecule has 0 bridgehead atoms. The monoisotopic (exact) mass is 438 g/mol. The standard InChI is InChI=1S/C6H15O15P3.3Li/c7-1-2(8)5(20-23(13,14)15)6(21-24(16,17)18)3(9)4(1)19-22(10,11)12;;;/h1-9H,(H2,10,11,12)(H2,13,14,15)(H2,16,17,18);;;/q;3*+1/p-3. The van der Waals surface area contributed by atoms with Crippen molar-refractivity contribution in [3.05, 3.63) is 0 Å². The van der Waals surface area contributed by atoms with E-state index in [0.717, 1.165) is 0 Å². The van der Waals surface area contributed by atoms with Crippen LogP contribution in [0, 0.1) is 0 Å². The van der Waals surface area contributed by atoms with Gasteiger partial charge in [-0.3, -0.25) is 13.7 Å². The third-order valence-electron chi connectivity index (χ3n) is 2.78. The zero-order valence-electron chi connectivity index (χ0n) is 14.2. The molecule has 15 nitrogen and oxygen atoms in total. The van der Waals surface area contributed by atoms with Crippen LogP contribution in [0.25, 0.3) is 0 Å². The minimum atomic E-state index is -5.72. The quantitative estimate of drug-likeness (QED) is 0.166. The summed E-state index contributed by atoms with van der Waals surface area (Å²) in [5.41, 5.74) is 0. The van der Waals surface area contributed by atoms with Crippen LogP contribution >= 0.6 is 23.5 Å². The largest absolute Gasteiger partial charge is 1.00 e. The van der Waals surface area contributed by atoms with Crippen LogP contribution in [0.1, 0.15) is 0 Å². The molecule has 0 heterocycles. The Balaban J connectivity index is -0.00000192. The second-order valence-corrected chi connectivity index (χ2v) is 8.03. The van der Waals surface area contributed by atoms with Gasteiger partial charge in [0.1, 0.15) is 36.6 Å². The maximum atomic E-state index is 10.8. The van der Waals surface area contributed by atoms with Gasteiger partial charge in [-0.15, -0.1) is 0 Å². The van der Waals surface area contributed by atoms with Gasteiger partial charge in [0, 0.05) is 0 Å². The van der Waals surface area contributed by atoms with Gasteiger partial charge in [0.25, 0.3) is 23.5 Å². The maximum Gasteiger partial charge on any atom is 1.00 e. The van der Waals surface area contributed by atoms with Gasteiger partial charge in [-0.2, -0.15) is 0 Å². The fraction of sp³-hybridized carbons (Fsp3) is 1.00. The molecule has 6 N–H and O–H groups in total. The van der Waals surface area contributed by atoms with Crippen LogP contribution in [-0.4, -0.2) is 66.6 Å². The van der Waals surface area contributed by atoms with Crippen molar-refractivity contribution in [2.24, 2.45) is 0 Å². The van der Waals surface area contributed by atoms with Gasteiger partial charge >= 0.3 is 56.6 Å². The Morgan fingerprint density at radius 1 is 0.556 bits per heavy atom. The molecule has 1 fully saturated rings. The Labute approximate surface area is 188 Å². The third-order valence-corrected chi connectivity index (χ3v) is 4.31. The topological polar surface area (TPSA) is 269 Å². The van der Waals surface area contributed by atoms with Crippen LogP contribution in [0.4, 0.5) is 0 Å². The first-order valence-electron chi connectivity index (χ1n) is 5.72. The van der Waals surface area contributed by atoms with Crippen molar-refractivity contribution in [2.45, 2.75) is 36.6 Å². The van der Waals surface area contributed by atoms with E-state index in [1.54, 1.807) is 0 Å². The van der Waals surface area contributed by atoms with Gasteiger partial charge in [-0.25, -0.2) is 0 Å². The molecule has 9 unspecified atom stereocenters. The number of phosphoric ester groups is 3. The number of hydrogen-bond acceptors (Lipinski definition) is 12. The van der Waals surface area contributed by atoms with Crippen LogP contribution in [0.5, 0.6) is 0 Å². The van der Waals surface area contributed by atoms with Gasteiger partial charge in [-0.05, 0) is 0 Å². The molecule has 1 aliphatic carbocycles. The minimum Gasteiger partial charge on any atom is -0.756 e. The van der Waals surface area contributed by atoms with E-state index in [9.17, 15) is 43.7 Å². The van der Waals surface area contributed by atoms with Crippen molar-refractivity contribution >= 4 is 23.5 Å². The van der Waals surface area contributed by atoms with Crippen molar-refractivity contribution in [3.63, 3.8) is 0 Å². The fourth-order valence-corrected chi connectivity index (χ4v) is 3.66. The summed E-state index contributed by atoms with van der Waals surface area (Å²) in [5, 5.41) is 29.1. The molecule has 1 saturated carbocycles. The zero-order chi connectivity index (χ0) is 19.1. The summed E-state index contributed by atoms with van der Waals surface area (Å²) in [6.45, 7) is 0. The molecule has 0 aromatic rings. The van der Waals surface area contributed by atoms with Crippen LogP contribution < -0.4 is 71.3 Å². The van der Waals surface area contributed by atoms with Crippen molar-refractivity contribution in [1.29, 1.82) is 0 Å². The van der Waals surface area contributed by atoms with Crippen LogP contribution in [0.2, 0.25) is 0 Å². The van der Waals surface area contributed by atoms with E-state index in [-0.39, 0.29) is 56.6 Å². The van der Waals surface area contributed by atoms with Crippen molar-refractivity contribution < 1.29 is 129 Å². The second-order valence-electron chi connectivity index (χ2n) is 4.59. The molecular weight excluding hydrogens is 426 g/mol. The molecule has 1 aliphatic rings. The Morgan fingerprint density at radius 2 is 0.778 bits per heavy atom. The van der Waals surface area contributed by atoms with E-state index in [1.165, 1.54) is 0 Å². The van der Waals surface area contributed by atoms with E-state index in [0.29, 0.717) is 0 Å². The van der Waals surface area contributed by atoms with Gasteiger partial charge in [0.2, 0.25) is 0 Å². The summed E-state index contributed by atoms with van der Waals surface area (Å²) in [7, 11) is -17.0. The van der Waals surface area contributed by atoms with Gasteiger partial charge in [0.15, 0.2) is 0 Å². The summed E-state index contributed by atoms with van der Waals surface area (Å²) >= 11 is 0. The molecule has 0 aromatic carbocycles. The third kappa shape index (κ3) is 11.3. The predicted molar refractivity (Wildman–Crippen MR) is 62.1 cm³/mol. The van der Waals surface area contributed by atoms with Crippen LogP contribution in [0.15, 0.2) is 0 Å². The van der Waals surface area contributed by atoms with E-state index in [4.69, 9.17) is 14.7 Å². The van der Waals surface area contributed by atoms with E-state index in [2.05, 4.69) is 13.6 Å². The average molecular weight is 438 g/mol. The average Bonchev–Trinajstić information content (AvgIpc) is 2.32. The molecule has 0 radical (unpaired) electrons. The van der Waals surface area contributed by atoms with Gasteiger partial charge in [0.05, 0.1) is 0 Å². The number of phosphoric acid groups is 3. The summed E-state index contributed by atoms with van der Waals surface area (Å²) in [6.07, 6.45) is -15.0. The molecule has 0 spiro atoms. The Hall–Kier alpha value is 2.00. The van der Waals surface area contributed by atoms with Crippen molar-refractivity contribution in [3.8, 4) is 0 Å². The number of rotatable bonds is 6. The molecule has 1 rings (SSSR count). The molecular formula is C6H12Li3O15P3. The zero-order valence-corrected chi connectivity index (χ0v) is 16.8. The number of hydrogen-bond donors (Lipinski definition) is 6. The molecule has 0 saturated heterocycles. The Morgan fingerprint density at radius 3 is 1.07 bits per heavy atom. The van der Waals surface area contributed by atoms with Crippen LogP contribution in [0.3, 0.4) is 0 Å². The van der Waals surface area contributed by atoms with Gasteiger partial charge < -0.3 is 58.3 Å². The molecule has 27 heavy (non-hydrogen) atoms. The summed E-state index contributed by atoms with van der Waals surface area (Å²) in [4.78, 5) is 58.0. The van der Waals surface area contributed by atoms with Crippen molar-refractivity contribution in [1.82, 2.24) is 0 Å².